The van der Waals surface area contributed by atoms with Gasteiger partial charge in [0.15, 0.2) is 0 Å². The molecule has 0 heterocycles. The Morgan fingerprint density at radius 1 is 0.404 bits per heavy atom. The SMILES string of the molecule is CCCCP(CCCC)(CCCC)(CCCC)OB(OCCCC(c1ccc(C)cc1)c1ccc(C)cc1)OCCCC(c1ccc(C)cc1)c1ccc(C)cc1. The van der Waals surface area contributed by atoms with Gasteiger partial charge < -0.3 is 0 Å². The molecule has 4 aromatic rings. The molecule has 0 aliphatic carbocycles. The van der Waals surface area contributed by atoms with Gasteiger partial charge in [-0.2, -0.15) is 0 Å². The predicted octanol–water partition coefficient (Wildman–Crippen LogP) is 15.1. The van der Waals surface area contributed by atoms with Crippen LogP contribution in [0.15, 0.2) is 97.1 Å². The first-order valence-corrected chi connectivity index (χ1v) is 25.7. The summed E-state index contributed by atoms with van der Waals surface area (Å²) in [6.45, 7) is 16.6. The Morgan fingerprint density at radius 2 is 0.667 bits per heavy atom. The second-order valence-electron chi connectivity index (χ2n) is 17.3. The van der Waals surface area contributed by atoms with Crippen LogP contribution in [0.2, 0.25) is 0 Å². The molecule has 312 valence electrons. The Hall–Kier alpha value is -2.75. The first kappa shape index (κ1) is 46.9. The summed E-state index contributed by atoms with van der Waals surface area (Å²) in [5.74, 6) is 0.635. The molecule has 0 N–H and O–H groups in total. The van der Waals surface area contributed by atoms with Crippen LogP contribution in [0.1, 0.15) is 161 Å². The number of hydrogen-bond donors (Lipinski definition) is 0. The number of hydrogen-bond acceptors (Lipinski definition) is 3. The molecule has 0 bridgehead atoms. The topological polar surface area (TPSA) is 27.7 Å². The average Bonchev–Trinajstić information content (AvgIpc) is 3.22. The van der Waals surface area contributed by atoms with Crippen LogP contribution in [0.3, 0.4) is 0 Å². The third kappa shape index (κ3) is 14.8. The van der Waals surface area contributed by atoms with Gasteiger partial charge >= 0.3 is 352 Å². The minimum absolute atomic E-state index is 0.318. The van der Waals surface area contributed by atoms with Gasteiger partial charge in [-0.1, -0.05) is 0 Å². The molecule has 0 unspecified atom stereocenters. The third-order valence-corrected chi connectivity index (χ3v) is 19.0. The molecule has 0 amide bonds. The van der Waals surface area contributed by atoms with Crippen molar-refractivity contribution in [2.75, 3.05) is 37.9 Å². The van der Waals surface area contributed by atoms with Gasteiger partial charge in [-0.3, -0.25) is 0 Å². The van der Waals surface area contributed by atoms with E-state index in [2.05, 4.69) is 152 Å². The third-order valence-electron chi connectivity index (χ3n) is 12.4. The fourth-order valence-electron chi connectivity index (χ4n) is 8.65. The zero-order chi connectivity index (χ0) is 41.0. The van der Waals surface area contributed by atoms with Crippen molar-refractivity contribution in [1.29, 1.82) is 0 Å². The van der Waals surface area contributed by atoms with Crippen molar-refractivity contribution in [3.63, 3.8) is 0 Å². The monoisotopic (exact) mass is 793 g/mol. The van der Waals surface area contributed by atoms with E-state index in [-0.39, 0.29) is 0 Å². The summed E-state index contributed by atoms with van der Waals surface area (Å²) in [6.07, 6.45) is 18.3. The maximum atomic E-state index is 7.73. The fraction of sp³-hybridized carbons (Fsp3) is 0.538. The molecule has 4 aromatic carbocycles. The van der Waals surface area contributed by atoms with Gasteiger partial charge in [0, 0.05) is 0 Å². The molecule has 0 spiro atoms. The zero-order valence-electron chi connectivity index (χ0n) is 37.4. The van der Waals surface area contributed by atoms with E-state index in [0.717, 1.165) is 25.7 Å². The van der Waals surface area contributed by atoms with Gasteiger partial charge in [0.1, 0.15) is 0 Å². The van der Waals surface area contributed by atoms with Crippen molar-refractivity contribution in [1.82, 2.24) is 0 Å². The van der Waals surface area contributed by atoms with Gasteiger partial charge in [0.2, 0.25) is 0 Å². The molecule has 0 saturated heterocycles. The summed E-state index contributed by atoms with van der Waals surface area (Å²) >= 11 is 0. The van der Waals surface area contributed by atoms with Crippen LogP contribution in [0, 0.1) is 27.7 Å². The second-order valence-corrected chi connectivity index (χ2v) is 23.1. The first-order chi connectivity index (χ1) is 27.6. The van der Waals surface area contributed by atoms with E-state index in [4.69, 9.17) is 13.7 Å². The maximum absolute atomic E-state index is 7.73. The van der Waals surface area contributed by atoms with Gasteiger partial charge in [-0.15, -0.1) is 0 Å². The van der Waals surface area contributed by atoms with Crippen molar-refractivity contribution in [2.45, 2.75) is 144 Å². The van der Waals surface area contributed by atoms with Gasteiger partial charge in [0.05, 0.1) is 0 Å². The summed E-state index contributed by atoms with van der Waals surface area (Å²) in [7, 11) is -0.639. The first-order valence-electron chi connectivity index (χ1n) is 22.8. The van der Waals surface area contributed by atoms with Crippen molar-refractivity contribution in [3.05, 3.63) is 142 Å². The molecule has 57 heavy (non-hydrogen) atoms. The summed E-state index contributed by atoms with van der Waals surface area (Å²) in [6, 6.07) is 36.4. The van der Waals surface area contributed by atoms with E-state index >= 15 is 0 Å². The van der Waals surface area contributed by atoms with Crippen LogP contribution in [-0.4, -0.2) is 45.2 Å². The second kappa shape index (κ2) is 24.4. The molecule has 0 radical (unpaired) electrons. The normalized spacial score (nSPS) is 12.6. The van der Waals surface area contributed by atoms with Crippen LogP contribution in [0.4, 0.5) is 0 Å². The Bertz CT molecular complexity index is 1430. The number of benzene rings is 4. The van der Waals surface area contributed by atoms with Crippen LogP contribution in [-0.2, 0) is 13.7 Å². The quantitative estimate of drug-likeness (QED) is 0.0326. The van der Waals surface area contributed by atoms with Crippen molar-refractivity contribution in [2.24, 2.45) is 0 Å². The van der Waals surface area contributed by atoms with E-state index in [1.165, 1.54) is 121 Å². The molecule has 0 fully saturated rings. The van der Waals surface area contributed by atoms with E-state index in [0.29, 0.717) is 25.0 Å². The minimum atomic E-state index is -2.65. The average molecular weight is 793 g/mol. The molecular formula is C52H78BO3P. The van der Waals surface area contributed by atoms with Gasteiger partial charge in [-0.25, -0.2) is 0 Å². The molecule has 3 nitrogen and oxygen atoms in total. The molecular weight excluding hydrogens is 714 g/mol. The van der Waals surface area contributed by atoms with Crippen LogP contribution in [0.5, 0.6) is 0 Å². The Balaban J connectivity index is 1.59. The van der Waals surface area contributed by atoms with Crippen molar-refractivity contribution < 1.29 is 13.7 Å². The van der Waals surface area contributed by atoms with E-state index in [1.54, 1.807) is 0 Å². The van der Waals surface area contributed by atoms with Crippen LogP contribution in [0.25, 0.3) is 0 Å². The number of rotatable bonds is 28. The molecule has 0 aromatic heterocycles. The molecule has 0 aliphatic heterocycles. The molecule has 0 atom stereocenters. The summed E-state index contributed by atoms with van der Waals surface area (Å²) in [4.78, 5) is 0. The fourth-order valence-corrected chi connectivity index (χ4v) is 15.5. The number of aryl methyl sites for hydroxylation is 4. The Morgan fingerprint density at radius 3 is 0.912 bits per heavy atom. The standard InChI is InChI=1S/C52H78BO3P/c1-9-13-39-57(40-14-10-2,41-15-11-3,42-16-12-4)56-53(54-37-17-19-51(47-29-21-43(5)22-30-47)48-31-23-44(6)24-32-48)55-38-18-20-52(49-33-25-45(7)26-34-49)50-35-27-46(8)28-36-50/h21-36,51-52H,9-20,37-42H2,1-8H3. The summed E-state index contributed by atoms with van der Waals surface area (Å²) in [5, 5.41) is 0. The van der Waals surface area contributed by atoms with Crippen LogP contribution >= 0.6 is 6.83 Å². The van der Waals surface area contributed by atoms with E-state index < -0.39 is 14.2 Å². The Kier molecular flexibility index (Phi) is 20.1. The van der Waals surface area contributed by atoms with Crippen molar-refractivity contribution >= 4 is 14.2 Å². The zero-order valence-corrected chi connectivity index (χ0v) is 38.3. The van der Waals surface area contributed by atoms with Crippen molar-refractivity contribution in [3.8, 4) is 0 Å². The number of unbranched alkanes of at least 4 members (excludes halogenated alkanes) is 4. The Labute approximate surface area is 350 Å². The van der Waals surface area contributed by atoms with Crippen LogP contribution < -0.4 is 0 Å². The molecule has 0 aliphatic rings. The van der Waals surface area contributed by atoms with Gasteiger partial charge in [-0.05, 0) is 0 Å². The van der Waals surface area contributed by atoms with E-state index in [1.807, 2.05) is 0 Å². The summed E-state index contributed by atoms with van der Waals surface area (Å²) < 4.78 is 21.5. The van der Waals surface area contributed by atoms with E-state index in [9.17, 15) is 0 Å². The molecule has 5 heteroatoms. The molecule has 4 rings (SSSR count). The predicted molar refractivity (Wildman–Crippen MR) is 252 cm³/mol. The molecule has 0 saturated carbocycles. The summed E-state index contributed by atoms with van der Waals surface area (Å²) in [5.41, 5.74) is 10.7. The van der Waals surface area contributed by atoms with Gasteiger partial charge in [0.25, 0.3) is 0 Å².